The maximum atomic E-state index is 4.21. The Bertz CT molecular complexity index is 374. The highest BCUT2D eigenvalue weighted by molar-refractivity contribution is 5.64. The van der Waals surface area contributed by atoms with E-state index in [4.69, 9.17) is 0 Å². The lowest BCUT2D eigenvalue weighted by Crippen LogP contribution is -2.34. The van der Waals surface area contributed by atoms with E-state index in [1.807, 2.05) is 6.21 Å². The van der Waals surface area contributed by atoms with Gasteiger partial charge in [-0.15, -0.1) is 0 Å². The molecule has 15 heavy (non-hydrogen) atoms. The van der Waals surface area contributed by atoms with E-state index in [0.29, 0.717) is 6.04 Å². The van der Waals surface area contributed by atoms with Crippen molar-refractivity contribution in [1.29, 1.82) is 0 Å². The van der Waals surface area contributed by atoms with Gasteiger partial charge in [0.05, 0.1) is 6.04 Å². The fourth-order valence-corrected chi connectivity index (χ4v) is 2.75. The van der Waals surface area contributed by atoms with E-state index >= 15 is 0 Å². The largest absolute Gasteiger partial charge is 0.299 e. The zero-order valence-electron chi connectivity index (χ0n) is 8.82. The van der Waals surface area contributed by atoms with Crippen molar-refractivity contribution in [3.8, 4) is 0 Å². The molecule has 2 nitrogen and oxygen atoms in total. The van der Waals surface area contributed by atoms with Gasteiger partial charge in [0, 0.05) is 12.6 Å². The third-order valence-corrected chi connectivity index (χ3v) is 3.56. The van der Waals surface area contributed by atoms with Gasteiger partial charge in [-0.2, -0.15) is 5.10 Å². The van der Waals surface area contributed by atoms with Crippen molar-refractivity contribution < 1.29 is 0 Å². The average Bonchev–Trinajstić information content (AvgIpc) is 2.48. The van der Waals surface area contributed by atoms with Crippen LogP contribution in [0.1, 0.15) is 25.7 Å². The fourth-order valence-electron chi connectivity index (χ4n) is 2.75. The van der Waals surface area contributed by atoms with E-state index in [2.05, 4.69) is 34.8 Å². The number of fused-ring (bicyclic) bond motifs is 3. The van der Waals surface area contributed by atoms with Crippen molar-refractivity contribution in [2.45, 2.75) is 31.7 Å². The van der Waals surface area contributed by atoms with Gasteiger partial charge in [-0.05, 0) is 36.3 Å². The minimum atomic E-state index is 0.382. The quantitative estimate of drug-likeness (QED) is 0.597. The molecule has 78 valence electrons. The second-order valence-electron chi connectivity index (χ2n) is 4.46. The summed E-state index contributed by atoms with van der Waals surface area (Å²) in [5.41, 5.74) is 6.31. The van der Waals surface area contributed by atoms with Crippen LogP contribution in [0.5, 0.6) is 0 Å². The standard InChI is InChI=1S/C13H16N2/c1-2-7-12-10(4-1)5-3-6-11-8-9-14-15-13(11)12/h1-2,6-7,9-10,13,15H,3-5,8H2. The highest BCUT2D eigenvalue weighted by atomic mass is 15.3. The first-order valence-corrected chi connectivity index (χ1v) is 5.78. The molecule has 0 aromatic heterocycles. The monoisotopic (exact) mass is 200 g/mol. The second kappa shape index (κ2) is 3.69. The van der Waals surface area contributed by atoms with Crippen LogP contribution in [0.25, 0.3) is 0 Å². The molecule has 2 atom stereocenters. The molecule has 0 aromatic carbocycles. The summed E-state index contributed by atoms with van der Waals surface area (Å²) in [6.45, 7) is 0. The summed E-state index contributed by atoms with van der Waals surface area (Å²) in [5.74, 6) is 0.731. The minimum Gasteiger partial charge on any atom is -0.299 e. The first-order valence-electron chi connectivity index (χ1n) is 5.78. The van der Waals surface area contributed by atoms with E-state index in [-0.39, 0.29) is 0 Å². The Hall–Kier alpha value is -1.31. The summed E-state index contributed by atoms with van der Waals surface area (Å²) < 4.78 is 0. The molecule has 0 saturated carbocycles. The van der Waals surface area contributed by atoms with Crippen LogP contribution in [0.3, 0.4) is 0 Å². The second-order valence-corrected chi connectivity index (χ2v) is 4.46. The van der Waals surface area contributed by atoms with Gasteiger partial charge in [0.25, 0.3) is 0 Å². The molecule has 0 saturated heterocycles. The number of hydrazone groups is 1. The van der Waals surface area contributed by atoms with Gasteiger partial charge in [-0.1, -0.05) is 24.3 Å². The van der Waals surface area contributed by atoms with Crippen LogP contribution >= 0.6 is 0 Å². The van der Waals surface area contributed by atoms with Gasteiger partial charge in [-0.25, -0.2) is 0 Å². The van der Waals surface area contributed by atoms with Crippen molar-refractivity contribution in [2.24, 2.45) is 11.0 Å². The molecule has 1 N–H and O–H groups in total. The molecule has 3 aliphatic rings. The van der Waals surface area contributed by atoms with Crippen LogP contribution in [-0.2, 0) is 0 Å². The Labute approximate surface area is 90.4 Å². The van der Waals surface area contributed by atoms with Gasteiger partial charge >= 0.3 is 0 Å². The molecule has 1 heterocycles. The lowest BCUT2D eigenvalue weighted by molar-refractivity contribution is 0.516. The number of hydrogen-bond donors (Lipinski definition) is 1. The summed E-state index contributed by atoms with van der Waals surface area (Å²) in [4.78, 5) is 0. The molecule has 2 heteroatoms. The van der Waals surface area contributed by atoms with Crippen molar-refractivity contribution in [1.82, 2.24) is 5.43 Å². The zero-order chi connectivity index (χ0) is 10.1. The van der Waals surface area contributed by atoms with Crippen molar-refractivity contribution in [2.75, 3.05) is 0 Å². The molecule has 0 fully saturated rings. The fraction of sp³-hybridized carbons (Fsp3) is 0.462. The first-order chi connectivity index (χ1) is 7.45. The predicted molar refractivity (Wildman–Crippen MR) is 62.7 cm³/mol. The Morgan fingerprint density at radius 2 is 2.40 bits per heavy atom. The van der Waals surface area contributed by atoms with Gasteiger partial charge in [0.15, 0.2) is 0 Å². The SMILES string of the molecule is C1=CCC2CCC=C3CC=NNC3C2=C1. The number of hydrogen-bond acceptors (Lipinski definition) is 2. The van der Waals surface area contributed by atoms with Crippen molar-refractivity contribution in [3.05, 3.63) is 35.5 Å². The third kappa shape index (κ3) is 1.54. The van der Waals surface area contributed by atoms with E-state index in [0.717, 1.165) is 12.3 Å². The highest BCUT2D eigenvalue weighted by Crippen LogP contribution is 2.34. The van der Waals surface area contributed by atoms with Gasteiger partial charge < -0.3 is 0 Å². The molecule has 0 radical (unpaired) electrons. The zero-order valence-corrected chi connectivity index (χ0v) is 8.82. The first kappa shape index (κ1) is 8.96. The number of nitrogens with one attached hydrogen (secondary N) is 1. The molecule has 0 aromatic rings. The molecule has 0 amide bonds. The molecule has 3 rings (SSSR count). The van der Waals surface area contributed by atoms with E-state index in [1.165, 1.54) is 30.4 Å². The summed E-state index contributed by atoms with van der Waals surface area (Å²) in [7, 11) is 0. The smallest absolute Gasteiger partial charge is 0.0869 e. The Morgan fingerprint density at radius 1 is 1.40 bits per heavy atom. The van der Waals surface area contributed by atoms with E-state index in [1.54, 1.807) is 0 Å². The maximum absolute atomic E-state index is 4.21. The molecular formula is C13H16N2. The van der Waals surface area contributed by atoms with Gasteiger partial charge in [0.2, 0.25) is 0 Å². The Morgan fingerprint density at radius 3 is 3.40 bits per heavy atom. The summed E-state index contributed by atoms with van der Waals surface area (Å²) in [5, 5.41) is 4.21. The normalized spacial score (nSPS) is 33.1. The summed E-state index contributed by atoms with van der Waals surface area (Å²) >= 11 is 0. The molecule has 1 aliphatic heterocycles. The third-order valence-electron chi connectivity index (χ3n) is 3.56. The topological polar surface area (TPSA) is 24.4 Å². The van der Waals surface area contributed by atoms with Crippen LogP contribution in [0.2, 0.25) is 0 Å². The van der Waals surface area contributed by atoms with Crippen LogP contribution in [0.4, 0.5) is 0 Å². The molecule has 2 aliphatic carbocycles. The summed E-state index contributed by atoms with van der Waals surface area (Å²) in [6, 6.07) is 0.382. The molecule has 0 bridgehead atoms. The van der Waals surface area contributed by atoms with Crippen molar-refractivity contribution >= 4 is 6.21 Å². The van der Waals surface area contributed by atoms with Crippen LogP contribution in [-0.4, -0.2) is 12.3 Å². The Balaban J connectivity index is 1.98. The van der Waals surface area contributed by atoms with Gasteiger partial charge in [0.1, 0.15) is 0 Å². The number of nitrogens with zero attached hydrogens (tertiary/aromatic N) is 1. The average molecular weight is 200 g/mol. The number of allylic oxidation sites excluding steroid dienone is 4. The predicted octanol–water partition coefficient (Wildman–Crippen LogP) is 2.56. The molecule has 0 spiro atoms. The molecule has 2 unspecified atom stereocenters. The van der Waals surface area contributed by atoms with Crippen LogP contribution < -0.4 is 5.43 Å². The maximum Gasteiger partial charge on any atom is 0.0869 e. The van der Waals surface area contributed by atoms with E-state index < -0.39 is 0 Å². The van der Waals surface area contributed by atoms with Crippen LogP contribution in [0, 0.1) is 5.92 Å². The lowest BCUT2D eigenvalue weighted by atomic mass is 9.83. The van der Waals surface area contributed by atoms with Gasteiger partial charge in [-0.3, -0.25) is 5.43 Å². The number of rotatable bonds is 0. The summed E-state index contributed by atoms with van der Waals surface area (Å²) in [6.07, 6.45) is 15.9. The lowest BCUT2D eigenvalue weighted by Gasteiger charge is -2.29. The Kier molecular flexibility index (Phi) is 2.20. The molecular weight excluding hydrogens is 184 g/mol. The van der Waals surface area contributed by atoms with E-state index in [9.17, 15) is 0 Å². The van der Waals surface area contributed by atoms with Crippen LogP contribution in [0.15, 0.2) is 40.6 Å². The van der Waals surface area contributed by atoms with Crippen molar-refractivity contribution in [3.63, 3.8) is 0 Å². The minimum absolute atomic E-state index is 0.382. The highest BCUT2D eigenvalue weighted by Gasteiger charge is 2.28.